The van der Waals surface area contributed by atoms with Crippen molar-refractivity contribution in [3.05, 3.63) is 64.3 Å². The minimum Gasteiger partial charge on any atom is -0.211 e. The van der Waals surface area contributed by atoms with Crippen molar-refractivity contribution in [3.63, 3.8) is 0 Å². The van der Waals surface area contributed by atoms with Gasteiger partial charge in [0.2, 0.25) is 0 Å². The molecule has 0 atom stereocenters. The quantitative estimate of drug-likeness (QED) is 0.718. The molecule has 1 heterocycles. The van der Waals surface area contributed by atoms with Gasteiger partial charge in [0.15, 0.2) is 5.69 Å². The highest BCUT2D eigenvalue weighted by atomic mass is 15.4. The van der Waals surface area contributed by atoms with Gasteiger partial charge in [-0.3, -0.25) is 0 Å². The third-order valence-electron chi connectivity index (χ3n) is 4.15. The molecule has 0 amide bonds. The molecular weight excluding hydrogens is 284 g/mol. The molecule has 0 radical (unpaired) electrons. The van der Waals surface area contributed by atoms with Crippen molar-refractivity contribution < 1.29 is 0 Å². The standard InChI is InChI=1S/C19H18N4/c1-12-5-6-14(3)18(9-12)23-19(17(11-20)21-22-23)16-8-7-13(2)15(4)10-16/h5-10H,1-4H3. The summed E-state index contributed by atoms with van der Waals surface area (Å²) >= 11 is 0. The van der Waals surface area contributed by atoms with Crippen LogP contribution in [-0.2, 0) is 0 Å². The largest absolute Gasteiger partial charge is 0.211 e. The Morgan fingerprint density at radius 2 is 1.65 bits per heavy atom. The minimum atomic E-state index is 0.342. The van der Waals surface area contributed by atoms with Crippen LogP contribution in [0.15, 0.2) is 36.4 Å². The summed E-state index contributed by atoms with van der Waals surface area (Å²) in [6.45, 7) is 8.22. The average Bonchev–Trinajstić information content (AvgIpc) is 2.96. The fraction of sp³-hybridized carbons (Fsp3) is 0.211. The van der Waals surface area contributed by atoms with Crippen molar-refractivity contribution >= 4 is 0 Å². The van der Waals surface area contributed by atoms with E-state index in [1.807, 2.05) is 19.9 Å². The zero-order chi connectivity index (χ0) is 16.6. The molecule has 114 valence electrons. The number of nitrogens with zero attached hydrogens (tertiary/aromatic N) is 4. The summed E-state index contributed by atoms with van der Waals surface area (Å²) in [6.07, 6.45) is 0. The normalized spacial score (nSPS) is 10.6. The first-order chi connectivity index (χ1) is 11.0. The Balaban J connectivity index is 2.28. The van der Waals surface area contributed by atoms with E-state index in [0.29, 0.717) is 5.69 Å². The highest BCUT2D eigenvalue weighted by Crippen LogP contribution is 2.28. The van der Waals surface area contributed by atoms with Gasteiger partial charge in [-0.15, -0.1) is 5.10 Å². The molecule has 1 aromatic heterocycles. The molecule has 0 saturated heterocycles. The number of hydrogen-bond donors (Lipinski definition) is 0. The monoisotopic (exact) mass is 302 g/mol. The van der Waals surface area contributed by atoms with E-state index in [2.05, 4.69) is 60.6 Å². The molecule has 0 unspecified atom stereocenters. The summed E-state index contributed by atoms with van der Waals surface area (Å²) in [6, 6.07) is 14.5. The number of nitriles is 1. The summed E-state index contributed by atoms with van der Waals surface area (Å²) in [5, 5.41) is 17.7. The van der Waals surface area contributed by atoms with Gasteiger partial charge >= 0.3 is 0 Å². The van der Waals surface area contributed by atoms with Crippen LogP contribution in [0.3, 0.4) is 0 Å². The lowest BCUT2D eigenvalue weighted by atomic mass is 10.0. The molecule has 3 aromatic rings. The van der Waals surface area contributed by atoms with E-state index in [-0.39, 0.29) is 0 Å². The van der Waals surface area contributed by atoms with Crippen LogP contribution in [0.2, 0.25) is 0 Å². The maximum Gasteiger partial charge on any atom is 0.191 e. The number of benzene rings is 2. The third-order valence-corrected chi connectivity index (χ3v) is 4.15. The molecule has 0 aliphatic carbocycles. The van der Waals surface area contributed by atoms with Crippen molar-refractivity contribution in [2.45, 2.75) is 27.7 Å². The predicted octanol–water partition coefficient (Wildman–Crippen LogP) is 4.04. The molecule has 0 N–H and O–H groups in total. The Bertz CT molecular complexity index is 929. The molecule has 4 heteroatoms. The first-order valence-electron chi connectivity index (χ1n) is 7.52. The van der Waals surface area contributed by atoms with Crippen LogP contribution in [0.4, 0.5) is 0 Å². The smallest absolute Gasteiger partial charge is 0.191 e. The molecule has 0 aliphatic heterocycles. The van der Waals surface area contributed by atoms with Crippen LogP contribution in [-0.4, -0.2) is 15.0 Å². The molecule has 0 saturated carbocycles. The van der Waals surface area contributed by atoms with Crippen molar-refractivity contribution in [3.8, 4) is 23.0 Å². The molecule has 0 fully saturated rings. The van der Waals surface area contributed by atoms with Gasteiger partial charge in [0, 0.05) is 5.56 Å². The van der Waals surface area contributed by atoms with Crippen LogP contribution in [0.5, 0.6) is 0 Å². The predicted molar refractivity (Wildman–Crippen MR) is 90.5 cm³/mol. The van der Waals surface area contributed by atoms with Crippen molar-refractivity contribution in [1.82, 2.24) is 15.0 Å². The number of hydrogen-bond acceptors (Lipinski definition) is 3. The van der Waals surface area contributed by atoms with Crippen LogP contribution in [0.25, 0.3) is 16.9 Å². The Morgan fingerprint density at radius 3 is 2.35 bits per heavy atom. The summed E-state index contributed by atoms with van der Waals surface area (Å²) < 4.78 is 1.77. The van der Waals surface area contributed by atoms with Crippen LogP contribution >= 0.6 is 0 Å². The summed E-state index contributed by atoms with van der Waals surface area (Å²) in [5.41, 5.74) is 7.63. The molecule has 23 heavy (non-hydrogen) atoms. The van der Waals surface area contributed by atoms with Gasteiger partial charge in [-0.1, -0.05) is 29.5 Å². The first kappa shape index (κ1) is 15.0. The Morgan fingerprint density at radius 1 is 0.913 bits per heavy atom. The van der Waals surface area contributed by atoms with Crippen molar-refractivity contribution in [2.24, 2.45) is 0 Å². The van der Waals surface area contributed by atoms with Gasteiger partial charge in [-0.2, -0.15) is 5.26 Å². The topological polar surface area (TPSA) is 54.5 Å². The molecule has 2 aromatic carbocycles. The number of aryl methyl sites for hydroxylation is 4. The zero-order valence-electron chi connectivity index (χ0n) is 13.8. The van der Waals surface area contributed by atoms with E-state index in [1.54, 1.807) is 4.68 Å². The molecule has 0 bridgehead atoms. The molecule has 0 spiro atoms. The summed E-state index contributed by atoms with van der Waals surface area (Å²) in [5.74, 6) is 0. The van der Waals surface area contributed by atoms with E-state index in [4.69, 9.17) is 0 Å². The van der Waals surface area contributed by atoms with Gasteiger partial charge in [0.05, 0.1) is 5.69 Å². The SMILES string of the molecule is Cc1ccc(C)c(-n2nnc(C#N)c2-c2ccc(C)c(C)c2)c1. The lowest BCUT2D eigenvalue weighted by Crippen LogP contribution is -2.03. The highest BCUT2D eigenvalue weighted by Gasteiger charge is 2.17. The molecular formula is C19H18N4. The number of aromatic nitrogens is 3. The molecule has 3 rings (SSSR count). The fourth-order valence-corrected chi connectivity index (χ4v) is 2.62. The third kappa shape index (κ3) is 2.62. The summed E-state index contributed by atoms with van der Waals surface area (Å²) in [7, 11) is 0. The van der Waals surface area contributed by atoms with E-state index >= 15 is 0 Å². The highest BCUT2D eigenvalue weighted by molar-refractivity contribution is 5.68. The van der Waals surface area contributed by atoms with Gasteiger partial charge in [-0.05, 0) is 62.1 Å². The van der Waals surface area contributed by atoms with Gasteiger partial charge in [-0.25, -0.2) is 4.68 Å². The van der Waals surface area contributed by atoms with Crippen LogP contribution in [0, 0.1) is 39.0 Å². The van der Waals surface area contributed by atoms with E-state index in [0.717, 1.165) is 28.1 Å². The van der Waals surface area contributed by atoms with E-state index in [1.165, 1.54) is 11.1 Å². The maximum absolute atomic E-state index is 9.42. The number of rotatable bonds is 2. The lowest BCUT2D eigenvalue weighted by molar-refractivity contribution is 0.801. The van der Waals surface area contributed by atoms with Gasteiger partial charge < -0.3 is 0 Å². The Kier molecular flexibility index (Phi) is 3.71. The Labute approximate surface area is 136 Å². The zero-order valence-corrected chi connectivity index (χ0v) is 13.8. The Hall–Kier alpha value is -2.93. The minimum absolute atomic E-state index is 0.342. The maximum atomic E-state index is 9.42. The summed E-state index contributed by atoms with van der Waals surface area (Å²) in [4.78, 5) is 0. The van der Waals surface area contributed by atoms with E-state index < -0.39 is 0 Å². The van der Waals surface area contributed by atoms with Crippen LogP contribution in [0.1, 0.15) is 27.9 Å². The second-order valence-electron chi connectivity index (χ2n) is 5.90. The first-order valence-corrected chi connectivity index (χ1v) is 7.52. The molecule has 0 aliphatic rings. The second kappa shape index (κ2) is 5.69. The van der Waals surface area contributed by atoms with Crippen molar-refractivity contribution in [1.29, 1.82) is 5.26 Å². The average molecular weight is 302 g/mol. The fourth-order valence-electron chi connectivity index (χ4n) is 2.62. The molecule has 4 nitrogen and oxygen atoms in total. The van der Waals surface area contributed by atoms with Crippen molar-refractivity contribution in [2.75, 3.05) is 0 Å². The van der Waals surface area contributed by atoms with Gasteiger partial charge in [0.25, 0.3) is 0 Å². The van der Waals surface area contributed by atoms with Gasteiger partial charge in [0.1, 0.15) is 11.8 Å². The second-order valence-corrected chi connectivity index (χ2v) is 5.90. The lowest BCUT2D eigenvalue weighted by Gasteiger charge is -2.11. The van der Waals surface area contributed by atoms with E-state index in [9.17, 15) is 5.26 Å². The van der Waals surface area contributed by atoms with Crippen LogP contribution < -0.4 is 0 Å².